The van der Waals surface area contributed by atoms with Crippen LogP contribution in [0.25, 0.3) is 6.08 Å². The molecule has 0 N–H and O–H groups in total. The minimum absolute atomic E-state index is 0.186. The van der Waals surface area contributed by atoms with Crippen LogP contribution in [0.5, 0.6) is 11.5 Å². The summed E-state index contributed by atoms with van der Waals surface area (Å²) in [5, 5.41) is 1.81. The quantitative estimate of drug-likeness (QED) is 0.299. The van der Waals surface area contributed by atoms with Crippen molar-refractivity contribution in [2.24, 2.45) is 0 Å². The highest BCUT2D eigenvalue weighted by atomic mass is 79.9. The number of benzene rings is 2. The minimum atomic E-state index is -0.433. The third-order valence-corrected chi connectivity index (χ3v) is 5.64. The summed E-state index contributed by atoms with van der Waals surface area (Å²) in [4.78, 5) is 25.4. The van der Waals surface area contributed by atoms with Gasteiger partial charge in [-0.2, -0.15) is 0 Å². The number of Topliss-reactive ketones (excluding diaryl/α,β-unsaturated/α-hetero) is 1. The first-order chi connectivity index (χ1) is 13.0. The molecule has 0 bridgehead atoms. The van der Waals surface area contributed by atoms with Gasteiger partial charge in [0.05, 0.1) is 5.56 Å². The molecule has 134 valence electrons. The number of aryl methyl sites for hydroxylation is 1. The maximum Gasteiger partial charge on any atom is 0.353 e. The number of halogens is 1. The second-order valence-electron chi connectivity index (χ2n) is 5.94. The zero-order chi connectivity index (χ0) is 19.0. The van der Waals surface area contributed by atoms with Crippen LogP contribution in [-0.2, 0) is 0 Å². The molecule has 1 aliphatic rings. The van der Waals surface area contributed by atoms with Crippen molar-refractivity contribution in [3.8, 4) is 11.5 Å². The lowest BCUT2D eigenvalue weighted by Gasteiger charge is -2.06. The fourth-order valence-electron chi connectivity index (χ4n) is 2.82. The predicted molar refractivity (Wildman–Crippen MR) is 108 cm³/mol. The van der Waals surface area contributed by atoms with Gasteiger partial charge in [0.25, 0.3) is 0 Å². The van der Waals surface area contributed by atoms with Crippen LogP contribution in [0.4, 0.5) is 0 Å². The van der Waals surface area contributed by atoms with E-state index in [1.54, 1.807) is 37.3 Å². The van der Waals surface area contributed by atoms with Crippen LogP contribution in [0, 0.1) is 6.92 Å². The van der Waals surface area contributed by atoms with E-state index in [1.165, 1.54) is 11.3 Å². The number of carbonyl (C=O) groups excluding carboxylic acids is 2. The van der Waals surface area contributed by atoms with Gasteiger partial charge >= 0.3 is 5.97 Å². The number of ether oxygens (including phenoxy) is 2. The fourth-order valence-corrected chi connectivity index (χ4v) is 3.82. The second kappa shape index (κ2) is 7.13. The van der Waals surface area contributed by atoms with E-state index in [-0.39, 0.29) is 11.5 Å². The van der Waals surface area contributed by atoms with E-state index >= 15 is 0 Å². The van der Waals surface area contributed by atoms with E-state index in [1.807, 2.05) is 29.6 Å². The van der Waals surface area contributed by atoms with Gasteiger partial charge in [0.1, 0.15) is 16.4 Å². The molecule has 0 fully saturated rings. The molecule has 1 aliphatic heterocycles. The van der Waals surface area contributed by atoms with E-state index in [0.29, 0.717) is 27.5 Å². The van der Waals surface area contributed by atoms with Gasteiger partial charge in [-0.1, -0.05) is 40.2 Å². The SMILES string of the molecule is Cc1cc(OC(=O)c2cccs2)cc2c1C(=O)/C(=C/c1ccccc1Br)O2. The molecule has 2 heterocycles. The Kier molecular flexibility index (Phi) is 4.68. The first-order valence-corrected chi connectivity index (χ1v) is 9.79. The molecule has 1 aromatic heterocycles. The summed E-state index contributed by atoms with van der Waals surface area (Å²) in [7, 11) is 0. The third-order valence-electron chi connectivity index (χ3n) is 4.07. The number of rotatable bonds is 3. The zero-order valence-electron chi connectivity index (χ0n) is 14.2. The van der Waals surface area contributed by atoms with Crippen molar-refractivity contribution < 1.29 is 19.1 Å². The molecule has 2 aromatic carbocycles. The number of fused-ring (bicyclic) bond motifs is 1. The van der Waals surface area contributed by atoms with Crippen molar-refractivity contribution in [1.82, 2.24) is 0 Å². The third kappa shape index (κ3) is 3.46. The normalized spacial score (nSPS) is 14.1. The molecule has 0 amide bonds. The largest absolute Gasteiger partial charge is 0.452 e. The molecule has 0 unspecified atom stereocenters. The second-order valence-corrected chi connectivity index (χ2v) is 7.74. The minimum Gasteiger partial charge on any atom is -0.452 e. The smallest absolute Gasteiger partial charge is 0.353 e. The molecule has 0 spiro atoms. The van der Waals surface area contributed by atoms with E-state index in [2.05, 4.69) is 15.9 Å². The van der Waals surface area contributed by atoms with E-state index in [4.69, 9.17) is 9.47 Å². The number of hydrogen-bond acceptors (Lipinski definition) is 5. The summed E-state index contributed by atoms with van der Waals surface area (Å²) in [6.07, 6.45) is 1.70. The average Bonchev–Trinajstić information content (AvgIpc) is 3.26. The predicted octanol–water partition coefficient (Wildman–Crippen LogP) is 5.65. The molecular weight excluding hydrogens is 428 g/mol. The van der Waals surface area contributed by atoms with Crippen molar-refractivity contribution >= 4 is 45.1 Å². The number of thiophene rings is 1. The van der Waals surface area contributed by atoms with Crippen molar-refractivity contribution in [3.05, 3.63) is 85.7 Å². The number of esters is 1. The Morgan fingerprint density at radius 1 is 1.19 bits per heavy atom. The molecule has 4 nitrogen and oxygen atoms in total. The van der Waals surface area contributed by atoms with Crippen LogP contribution in [0.2, 0.25) is 0 Å². The van der Waals surface area contributed by atoms with Crippen LogP contribution < -0.4 is 9.47 Å². The van der Waals surface area contributed by atoms with Gasteiger partial charge in [-0.05, 0) is 47.7 Å². The lowest BCUT2D eigenvalue weighted by Crippen LogP contribution is -2.06. The highest BCUT2D eigenvalue weighted by molar-refractivity contribution is 9.10. The Labute approximate surface area is 168 Å². The van der Waals surface area contributed by atoms with Crippen LogP contribution in [0.3, 0.4) is 0 Å². The zero-order valence-corrected chi connectivity index (χ0v) is 16.6. The lowest BCUT2D eigenvalue weighted by molar-refractivity contribution is 0.0739. The van der Waals surface area contributed by atoms with Crippen LogP contribution in [0.1, 0.15) is 31.2 Å². The lowest BCUT2D eigenvalue weighted by atomic mass is 10.0. The topological polar surface area (TPSA) is 52.6 Å². The van der Waals surface area contributed by atoms with Crippen molar-refractivity contribution in [2.45, 2.75) is 6.92 Å². The van der Waals surface area contributed by atoms with Crippen LogP contribution in [-0.4, -0.2) is 11.8 Å². The molecule has 0 saturated carbocycles. The van der Waals surface area contributed by atoms with E-state index in [0.717, 1.165) is 10.0 Å². The molecule has 0 saturated heterocycles. The monoisotopic (exact) mass is 440 g/mol. The van der Waals surface area contributed by atoms with Gasteiger partial charge in [-0.15, -0.1) is 11.3 Å². The Hall–Kier alpha value is -2.70. The Morgan fingerprint density at radius 3 is 2.74 bits per heavy atom. The standard InChI is InChI=1S/C21H13BrO4S/c1-12-9-14(25-21(24)18-7-4-8-27-18)11-16-19(12)20(23)17(26-16)10-13-5-2-3-6-15(13)22/h2-11H,1H3/b17-10-. The summed E-state index contributed by atoms with van der Waals surface area (Å²) < 4.78 is 12.1. The van der Waals surface area contributed by atoms with Crippen molar-refractivity contribution in [3.63, 3.8) is 0 Å². The molecule has 0 atom stereocenters. The van der Waals surface area contributed by atoms with Gasteiger partial charge in [-0.25, -0.2) is 4.79 Å². The number of ketones is 1. The summed E-state index contributed by atoms with van der Waals surface area (Å²) in [6, 6.07) is 14.3. The van der Waals surface area contributed by atoms with Gasteiger partial charge in [0.2, 0.25) is 5.78 Å². The summed E-state index contributed by atoms with van der Waals surface area (Å²) in [6.45, 7) is 1.80. The first kappa shape index (κ1) is 17.7. The highest BCUT2D eigenvalue weighted by Gasteiger charge is 2.30. The first-order valence-electron chi connectivity index (χ1n) is 8.12. The molecular formula is C21H13BrO4S. The summed E-state index contributed by atoms with van der Waals surface area (Å²) in [5.74, 6) is 0.362. The molecule has 6 heteroatoms. The Balaban J connectivity index is 1.64. The van der Waals surface area contributed by atoms with Gasteiger partial charge < -0.3 is 9.47 Å². The van der Waals surface area contributed by atoms with Crippen LogP contribution >= 0.6 is 27.3 Å². The molecule has 0 aliphatic carbocycles. The summed E-state index contributed by atoms with van der Waals surface area (Å²) >= 11 is 4.77. The van der Waals surface area contributed by atoms with E-state index in [9.17, 15) is 9.59 Å². The highest BCUT2D eigenvalue weighted by Crippen LogP contribution is 2.38. The average molecular weight is 441 g/mol. The summed E-state index contributed by atoms with van der Waals surface area (Å²) in [5.41, 5.74) is 2.03. The Morgan fingerprint density at radius 2 is 2.00 bits per heavy atom. The van der Waals surface area contributed by atoms with Crippen LogP contribution in [0.15, 0.2) is 64.1 Å². The maximum atomic E-state index is 12.7. The van der Waals surface area contributed by atoms with Gasteiger partial charge in [0.15, 0.2) is 5.76 Å². The van der Waals surface area contributed by atoms with Crippen molar-refractivity contribution in [1.29, 1.82) is 0 Å². The fraction of sp³-hybridized carbons (Fsp3) is 0.0476. The maximum absolute atomic E-state index is 12.7. The number of allylic oxidation sites excluding steroid dienone is 1. The van der Waals surface area contributed by atoms with Gasteiger partial charge in [0, 0.05) is 10.5 Å². The van der Waals surface area contributed by atoms with Gasteiger partial charge in [-0.3, -0.25) is 4.79 Å². The molecule has 27 heavy (non-hydrogen) atoms. The molecule has 4 rings (SSSR count). The number of hydrogen-bond donors (Lipinski definition) is 0. The number of carbonyl (C=O) groups is 2. The van der Waals surface area contributed by atoms with Crippen molar-refractivity contribution in [2.75, 3.05) is 0 Å². The van der Waals surface area contributed by atoms with E-state index < -0.39 is 5.97 Å². The molecule has 3 aromatic rings. The molecule has 0 radical (unpaired) electrons. The Bertz CT molecular complexity index is 1080.